The molecule has 0 spiro atoms. The van der Waals surface area contributed by atoms with Gasteiger partial charge in [-0.3, -0.25) is 4.79 Å². The molecule has 1 amide bonds. The minimum Gasteiger partial charge on any atom is -0.379 e. The number of rotatable bonds is 9. The summed E-state index contributed by atoms with van der Waals surface area (Å²) in [6, 6.07) is 16.9. The van der Waals surface area contributed by atoms with E-state index in [0.29, 0.717) is 29.7 Å². The standard InChI is InChI=1S/C24H31ClN2O2/c1-19(2)17-29-18-23(16-26-14-6-7-15-26)27(22-12-10-21(25)11-13-22)24(28)20-8-4-3-5-9-20/h3-5,8-13,19,23H,6-7,14-18H2,1-2H3. The van der Waals surface area contributed by atoms with Crippen molar-refractivity contribution in [3.8, 4) is 0 Å². The first-order chi connectivity index (χ1) is 14.0. The Hall–Kier alpha value is -1.88. The number of benzene rings is 2. The number of halogens is 1. The molecule has 1 aliphatic rings. The molecule has 0 saturated carbocycles. The molecule has 0 aromatic heterocycles. The van der Waals surface area contributed by atoms with Crippen LogP contribution in [-0.4, -0.2) is 49.7 Å². The molecule has 156 valence electrons. The number of hydrogen-bond donors (Lipinski definition) is 0. The highest BCUT2D eigenvalue weighted by molar-refractivity contribution is 6.30. The van der Waals surface area contributed by atoms with Crippen molar-refractivity contribution in [1.29, 1.82) is 0 Å². The smallest absolute Gasteiger partial charge is 0.258 e. The molecule has 1 saturated heterocycles. The molecule has 0 bridgehead atoms. The van der Waals surface area contributed by atoms with Crippen molar-refractivity contribution >= 4 is 23.2 Å². The predicted octanol–water partition coefficient (Wildman–Crippen LogP) is 5.12. The van der Waals surface area contributed by atoms with Gasteiger partial charge in [0.05, 0.1) is 12.6 Å². The molecule has 1 aliphatic heterocycles. The molecule has 1 unspecified atom stereocenters. The van der Waals surface area contributed by atoms with Gasteiger partial charge in [0.15, 0.2) is 0 Å². The van der Waals surface area contributed by atoms with E-state index in [1.54, 1.807) is 0 Å². The molecule has 0 radical (unpaired) electrons. The fourth-order valence-electron chi connectivity index (χ4n) is 3.73. The zero-order valence-corrected chi connectivity index (χ0v) is 18.1. The third-order valence-corrected chi connectivity index (χ3v) is 5.39. The van der Waals surface area contributed by atoms with Gasteiger partial charge in [-0.2, -0.15) is 0 Å². The maximum atomic E-state index is 13.6. The normalized spacial score (nSPS) is 15.6. The maximum Gasteiger partial charge on any atom is 0.258 e. The SMILES string of the molecule is CC(C)COCC(CN1CCCC1)N(C(=O)c1ccccc1)c1ccc(Cl)cc1. The maximum absolute atomic E-state index is 13.6. The number of anilines is 1. The van der Waals surface area contributed by atoms with Crippen LogP contribution in [0.3, 0.4) is 0 Å². The van der Waals surface area contributed by atoms with Crippen molar-refractivity contribution in [1.82, 2.24) is 4.90 Å². The van der Waals surface area contributed by atoms with E-state index in [-0.39, 0.29) is 11.9 Å². The van der Waals surface area contributed by atoms with E-state index in [9.17, 15) is 4.79 Å². The topological polar surface area (TPSA) is 32.8 Å². The molecular weight excluding hydrogens is 384 g/mol. The van der Waals surface area contributed by atoms with Crippen LogP contribution >= 0.6 is 11.6 Å². The summed E-state index contributed by atoms with van der Waals surface area (Å²) in [6.45, 7) is 8.44. The first-order valence-corrected chi connectivity index (χ1v) is 10.9. The molecule has 0 aliphatic carbocycles. The lowest BCUT2D eigenvalue weighted by Gasteiger charge is -2.34. The van der Waals surface area contributed by atoms with Crippen LogP contribution in [-0.2, 0) is 4.74 Å². The number of nitrogens with zero attached hydrogens (tertiary/aromatic N) is 2. The number of amides is 1. The first kappa shape index (κ1) is 21.8. The zero-order chi connectivity index (χ0) is 20.6. The third-order valence-electron chi connectivity index (χ3n) is 5.14. The minimum absolute atomic E-state index is 0.00901. The lowest BCUT2D eigenvalue weighted by Crippen LogP contribution is -2.49. The Morgan fingerprint density at radius 1 is 1.03 bits per heavy atom. The molecule has 2 aromatic rings. The average molecular weight is 415 g/mol. The summed E-state index contributed by atoms with van der Waals surface area (Å²) in [6.07, 6.45) is 2.43. The Labute approximate surface area is 179 Å². The number of hydrogen-bond acceptors (Lipinski definition) is 3. The lowest BCUT2D eigenvalue weighted by atomic mass is 10.1. The highest BCUT2D eigenvalue weighted by Crippen LogP contribution is 2.24. The van der Waals surface area contributed by atoms with Crippen LogP contribution < -0.4 is 4.90 Å². The fraction of sp³-hybridized carbons (Fsp3) is 0.458. The third kappa shape index (κ3) is 6.30. The van der Waals surface area contributed by atoms with Gasteiger partial charge in [-0.1, -0.05) is 43.6 Å². The molecule has 4 nitrogen and oxygen atoms in total. The van der Waals surface area contributed by atoms with E-state index in [1.165, 1.54) is 12.8 Å². The molecule has 3 rings (SSSR count). The average Bonchev–Trinajstić information content (AvgIpc) is 3.23. The van der Waals surface area contributed by atoms with Gasteiger partial charge in [-0.15, -0.1) is 0 Å². The molecular formula is C24H31ClN2O2. The summed E-state index contributed by atoms with van der Waals surface area (Å²) < 4.78 is 6.03. The number of carbonyl (C=O) groups is 1. The molecule has 0 N–H and O–H groups in total. The molecule has 1 atom stereocenters. The summed E-state index contributed by atoms with van der Waals surface area (Å²) in [5.41, 5.74) is 1.53. The van der Waals surface area contributed by atoms with Crippen LogP contribution in [0.25, 0.3) is 0 Å². The van der Waals surface area contributed by atoms with E-state index < -0.39 is 0 Å². The summed E-state index contributed by atoms with van der Waals surface area (Å²) in [5.74, 6) is 0.446. The van der Waals surface area contributed by atoms with Crippen LogP contribution in [0, 0.1) is 5.92 Å². The van der Waals surface area contributed by atoms with Gasteiger partial charge in [0.25, 0.3) is 5.91 Å². The highest BCUT2D eigenvalue weighted by atomic mass is 35.5. The van der Waals surface area contributed by atoms with E-state index in [0.717, 1.165) is 25.3 Å². The monoisotopic (exact) mass is 414 g/mol. The van der Waals surface area contributed by atoms with E-state index in [4.69, 9.17) is 16.3 Å². The number of carbonyl (C=O) groups excluding carboxylic acids is 1. The van der Waals surface area contributed by atoms with Crippen molar-refractivity contribution in [2.75, 3.05) is 37.7 Å². The minimum atomic E-state index is -0.0688. The second-order valence-corrected chi connectivity index (χ2v) is 8.55. The van der Waals surface area contributed by atoms with Crippen LogP contribution in [0.4, 0.5) is 5.69 Å². The van der Waals surface area contributed by atoms with Gasteiger partial charge in [0.1, 0.15) is 0 Å². The van der Waals surface area contributed by atoms with Gasteiger partial charge in [-0.25, -0.2) is 0 Å². The Morgan fingerprint density at radius 3 is 2.31 bits per heavy atom. The first-order valence-electron chi connectivity index (χ1n) is 10.5. The van der Waals surface area contributed by atoms with Crippen LogP contribution in [0.5, 0.6) is 0 Å². The van der Waals surface area contributed by atoms with Gasteiger partial charge in [0, 0.05) is 29.4 Å². The van der Waals surface area contributed by atoms with E-state index in [1.807, 2.05) is 59.5 Å². The summed E-state index contributed by atoms with van der Waals surface area (Å²) in [7, 11) is 0. The number of likely N-dealkylation sites (tertiary alicyclic amines) is 1. The lowest BCUT2D eigenvalue weighted by molar-refractivity contribution is 0.0785. The summed E-state index contributed by atoms with van der Waals surface area (Å²) in [5, 5.41) is 0.660. The molecule has 29 heavy (non-hydrogen) atoms. The van der Waals surface area contributed by atoms with Crippen molar-refractivity contribution in [3.05, 3.63) is 65.2 Å². The zero-order valence-electron chi connectivity index (χ0n) is 17.4. The van der Waals surface area contributed by atoms with Crippen LogP contribution in [0.15, 0.2) is 54.6 Å². The number of ether oxygens (including phenoxy) is 1. The second-order valence-electron chi connectivity index (χ2n) is 8.11. The summed E-state index contributed by atoms with van der Waals surface area (Å²) >= 11 is 6.11. The van der Waals surface area contributed by atoms with Crippen LogP contribution in [0.1, 0.15) is 37.0 Å². The highest BCUT2D eigenvalue weighted by Gasteiger charge is 2.29. The summed E-state index contributed by atoms with van der Waals surface area (Å²) in [4.78, 5) is 17.9. The molecule has 1 heterocycles. The second kappa shape index (κ2) is 10.8. The van der Waals surface area contributed by atoms with Gasteiger partial charge >= 0.3 is 0 Å². The Balaban J connectivity index is 1.91. The van der Waals surface area contributed by atoms with Crippen LogP contribution in [0.2, 0.25) is 5.02 Å². The van der Waals surface area contributed by atoms with Gasteiger partial charge in [0.2, 0.25) is 0 Å². The van der Waals surface area contributed by atoms with Gasteiger partial charge < -0.3 is 14.5 Å². The van der Waals surface area contributed by atoms with E-state index >= 15 is 0 Å². The quantitative estimate of drug-likeness (QED) is 0.570. The Kier molecular flexibility index (Phi) is 8.10. The fourth-order valence-corrected chi connectivity index (χ4v) is 3.85. The molecule has 5 heteroatoms. The van der Waals surface area contributed by atoms with Crippen molar-refractivity contribution < 1.29 is 9.53 Å². The van der Waals surface area contributed by atoms with Crippen molar-refractivity contribution in [2.24, 2.45) is 5.92 Å². The van der Waals surface area contributed by atoms with Gasteiger partial charge in [-0.05, 0) is 68.2 Å². The largest absolute Gasteiger partial charge is 0.379 e. The van der Waals surface area contributed by atoms with Crippen molar-refractivity contribution in [3.63, 3.8) is 0 Å². The Morgan fingerprint density at radius 2 is 1.69 bits per heavy atom. The van der Waals surface area contributed by atoms with Crippen molar-refractivity contribution in [2.45, 2.75) is 32.7 Å². The van der Waals surface area contributed by atoms with E-state index in [2.05, 4.69) is 18.7 Å². The molecule has 1 fully saturated rings. The molecule has 2 aromatic carbocycles. The predicted molar refractivity (Wildman–Crippen MR) is 120 cm³/mol. The Bertz CT molecular complexity index is 758.